The highest BCUT2D eigenvalue weighted by atomic mass is 32.1. The zero-order chi connectivity index (χ0) is 15.5. The first-order chi connectivity index (χ1) is 11.4. The summed E-state index contributed by atoms with van der Waals surface area (Å²) in [6, 6.07) is 14.2. The Bertz CT molecular complexity index is 596. The topological polar surface area (TPSA) is 18.5 Å². The molecule has 2 fully saturated rings. The van der Waals surface area contributed by atoms with Gasteiger partial charge in [-0.1, -0.05) is 18.2 Å². The number of benzene rings is 1. The molecule has 0 aliphatic carbocycles. The van der Waals surface area contributed by atoms with Gasteiger partial charge in [-0.2, -0.15) is 0 Å². The molecule has 1 N–H and O–H groups in total. The average molecular weight is 327 g/mol. The van der Waals surface area contributed by atoms with Gasteiger partial charge in [0.1, 0.15) is 0 Å². The maximum Gasteiger partial charge on any atom is 0.0696 e. The van der Waals surface area contributed by atoms with E-state index >= 15 is 0 Å². The molecule has 122 valence electrons. The number of anilines is 1. The van der Waals surface area contributed by atoms with Gasteiger partial charge in [0, 0.05) is 49.8 Å². The van der Waals surface area contributed by atoms with Crippen LogP contribution < -0.4 is 10.2 Å². The highest BCUT2D eigenvalue weighted by molar-refractivity contribution is 7.10. The first-order valence-electron chi connectivity index (χ1n) is 8.75. The van der Waals surface area contributed by atoms with Crippen LogP contribution in [0.2, 0.25) is 0 Å². The lowest BCUT2D eigenvalue weighted by molar-refractivity contribution is 0.200. The van der Waals surface area contributed by atoms with Gasteiger partial charge in [-0.05, 0) is 42.0 Å². The van der Waals surface area contributed by atoms with Gasteiger partial charge in [0.15, 0.2) is 0 Å². The van der Waals surface area contributed by atoms with Gasteiger partial charge in [-0.15, -0.1) is 11.3 Å². The second kappa shape index (κ2) is 7.04. The van der Waals surface area contributed by atoms with Crippen molar-refractivity contribution in [2.45, 2.75) is 18.9 Å². The van der Waals surface area contributed by atoms with Crippen LogP contribution in [0.3, 0.4) is 0 Å². The Morgan fingerprint density at radius 1 is 0.913 bits per heavy atom. The molecular weight excluding hydrogens is 302 g/mol. The largest absolute Gasteiger partial charge is 0.372 e. The standard InChI is InChI=1S/C19H25N3S/c1-2-12-21(11-1)17-7-5-16(6-8-17)19(18-4-3-15-23-18)22-13-9-20-10-14-22/h3-8,15,19-20H,1-2,9-14H2/t19-/m1/s1. The Morgan fingerprint density at radius 2 is 1.65 bits per heavy atom. The highest BCUT2D eigenvalue weighted by Gasteiger charge is 2.24. The molecule has 0 amide bonds. The van der Waals surface area contributed by atoms with Gasteiger partial charge in [-0.3, -0.25) is 4.90 Å². The minimum Gasteiger partial charge on any atom is -0.372 e. The van der Waals surface area contributed by atoms with Crippen LogP contribution in [0.5, 0.6) is 0 Å². The van der Waals surface area contributed by atoms with Crippen LogP contribution in [-0.4, -0.2) is 44.2 Å². The van der Waals surface area contributed by atoms with Gasteiger partial charge >= 0.3 is 0 Å². The third kappa shape index (κ3) is 3.30. The van der Waals surface area contributed by atoms with Crippen LogP contribution >= 0.6 is 11.3 Å². The maximum atomic E-state index is 3.47. The molecule has 1 atom stereocenters. The fourth-order valence-corrected chi connectivity index (χ4v) is 4.67. The Morgan fingerprint density at radius 3 is 2.30 bits per heavy atom. The first kappa shape index (κ1) is 15.2. The van der Waals surface area contributed by atoms with Crippen LogP contribution in [0.25, 0.3) is 0 Å². The molecule has 0 unspecified atom stereocenters. The maximum absolute atomic E-state index is 3.47. The van der Waals surface area contributed by atoms with Crippen molar-refractivity contribution in [2.24, 2.45) is 0 Å². The molecule has 2 aliphatic heterocycles. The number of thiophene rings is 1. The summed E-state index contributed by atoms with van der Waals surface area (Å²) >= 11 is 1.88. The molecule has 3 nitrogen and oxygen atoms in total. The van der Waals surface area contributed by atoms with E-state index in [4.69, 9.17) is 0 Å². The Kier molecular flexibility index (Phi) is 4.64. The number of nitrogens with zero attached hydrogens (tertiary/aromatic N) is 2. The molecule has 3 heterocycles. The fourth-order valence-electron chi connectivity index (χ4n) is 3.78. The lowest BCUT2D eigenvalue weighted by atomic mass is 10.0. The molecule has 2 saturated heterocycles. The molecular formula is C19H25N3S. The number of hydrogen-bond donors (Lipinski definition) is 1. The molecule has 0 radical (unpaired) electrons. The monoisotopic (exact) mass is 327 g/mol. The van der Waals surface area contributed by atoms with Crippen LogP contribution in [0.4, 0.5) is 5.69 Å². The lowest BCUT2D eigenvalue weighted by Gasteiger charge is -2.35. The Balaban J connectivity index is 1.60. The molecule has 23 heavy (non-hydrogen) atoms. The molecule has 2 aliphatic rings. The average Bonchev–Trinajstić information content (AvgIpc) is 3.31. The predicted molar refractivity (Wildman–Crippen MR) is 98.5 cm³/mol. The quantitative estimate of drug-likeness (QED) is 0.929. The zero-order valence-corrected chi connectivity index (χ0v) is 14.4. The summed E-state index contributed by atoms with van der Waals surface area (Å²) in [6.07, 6.45) is 2.67. The van der Waals surface area contributed by atoms with Crippen LogP contribution in [-0.2, 0) is 0 Å². The SMILES string of the molecule is c1csc([C@@H](c2ccc(N3CCCC3)cc2)N2CCNCC2)c1. The fraction of sp³-hybridized carbons (Fsp3) is 0.474. The minimum absolute atomic E-state index is 0.407. The second-order valence-corrected chi connectivity index (χ2v) is 7.47. The molecule has 1 aromatic carbocycles. The van der Waals surface area contributed by atoms with Gasteiger partial charge in [0.05, 0.1) is 6.04 Å². The van der Waals surface area contributed by atoms with E-state index in [0.29, 0.717) is 6.04 Å². The smallest absolute Gasteiger partial charge is 0.0696 e. The summed E-state index contributed by atoms with van der Waals surface area (Å²) in [5.74, 6) is 0. The van der Waals surface area contributed by atoms with Crippen molar-refractivity contribution in [3.05, 3.63) is 52.2 Å². The molecule has 2 aromatic rings. The zero-order valence-electron chi connectivity index (χ0n) is 13.6. The Hall–Kier alpha value is -1.36. The molecule has 0 spiro atoms. The number of nitrogens with one attached hydrogen (secondary N) is 1. The van der Waals surface area contributed by atoms with Crippen molar-refractivity contribution in [2.75, 3.05) is 44.2 Å². The van der Waals surface area contributed by atoms with Gasteiger partial charge < -0.3 is 10.2 Å². The van der Waals surface area contributed by atoms with Crippen LogP contribution in [0, 0.1) is 0 Å². The van der Waals surface area contributed by atoms with E-state index in [0.717, 1.165) is 26.2 Å². The molecule has 0 bridgehead atoms. The van der Waals surface area contributed by atoms with Crippen molar-refractivity contribution < 1.29 is 0 Å². The molecule has 0 saturated carbocycles. The first-order valence-corrected chi connectivity index (χ1v) is 9.63. The van der Waals surface area contributed by atoms with Crippen LogP contribution in [0.15, 0.2) is 41.8 Å². The van der Waals surface area contributed by atoms with E-state index in [1.807, 2.05) is 11.3 Å². The minimum atomic E-state index is 0.407. The number of hydrogen-bond acceptors (Lipinski definition) is 4. The summed E-state index contributed by atoms with van der Waals surface area (Å²) in [6.45, 7) is 6.85. The summed E-state index contributed by atoms with van der Waals surface area (Å²) in [7, 11) is 0. The third-order valence-corrected chi connectivity index (χ3v) is 5.93. The van der Waals surface area contributed by atoms with Gasteiger partial charge in [0.25, 0.3) is 0 Å². The molecule has 1 aromatic heterocycles. The van der Waals surface area contributed by atoms with E-state index in [-0.39, 0.29) is 0 Å². The van der Waals surface area contributed by atoms with E-state index < -0.39 is 0 Å². The van der Waals surface area contributed by atoms with Gasteiger partial charge in [0.2, 0.25) is 0 Å². The van der Waals surface area contributed by atoms with E-state index in [1.165, 1.54) is 42.1 Å². The normalized spacial score (nSPS) is 20.8. The van der Waals surface area contributed by atoms with Crippen molar-refractivity contribution in [1.82, 2.24) is 10.2 Å². The summed E-state index contributed by atoms with van der Waals surface area (Å²) in [5.41, 5.74) is 2.81. The third-order valence-electron chi connectivity index (χ3n) is 5.01. The van der Waals surface area contributed by atoms with E-state index in [9.17, 15) is 0 Å². The summed E-state index contributed by atoms with van der Waals surface area (Å²) < 4.78 is 0. The summed E-state index contributed by atoms with van der Waals surface area (Å²) in [4.78, 5) is 6.59. The van der Waals surface area contributed by atoms with Crippen molar-refractivity contribution in [3.63, 3.8) is 0 Å². The number of piperazine rings is 1. The summed E-state index contributed by atoms with van der Waals surface area (Å²) in [5, 5.41) is 5.67. The second-order valence-electron chi connectivity index (χ2n) is 6.49. The lowest BCUT2D eigenvalue weighted by Crippen LogP contribution is -2.45. The van der Waals surface area contributed by atoms with Gasteiger partial charge in [-0.25, -0.2) is 0 Å². The van der Waals surface area contributed by atoms with Crippen LogP contribution in [0.1, 0.15) is 29.3 Å². The molecule has 4 rings (SSSR count). The van der Waals surface area contributed by atoms with Crippen molar-refractivity contribution in [1.29, 1.82) is 0 Å². The van der Waals surface area contributed by atoms with Crippen molar-refractivity contribution in [3.8, 4) is 0 Å². The van der Waals surface area contributed by atoms with Crippen molar-refractivity contribution >= 4 is 17.0 Å². The van der Waals surface area contributed by atoms with E-state index in [2.05, 4.69) is 56.9 Å². The Labute approximate surface area is 142 Å². The predicted octanol–water partition coefficient (Wildman–Crippen LogP) is 3.34. The number of rotatable bonds is 4. The van der Waals surface area contributed by atoms with E-state index in [1.54, 1.807) is 0 Å². The molecule has 4 heteroatoms. The highest BCUT2D eigenvalue weighted by Crippen LogP contribution is 2.33.